The van der Waals surface area contributed by atoms with E-state index in [1.807, 2.05) is 24.3 Å². The Kier molecular flexibility index (Phi) is 3.48. The van der Waals surface area contributed by atoms with Gasteiger partial charge >= 0.3 is 0 Å². The van der Waals surface area contributed by atoms with Crippen molar-refractivity contribution in [1.29, 1.82) is 0 Å². The predicted molar refractivity (Wildman–Crippen MR) is 104 cm³/mol. The molecule has 22 heavy (non-hydrogen) atoms. The van der Waals surface area contributed by atoms with Crippen molar-refractivity contribution in [1.82, 2.24) is 4.98 Å². The van der Waals surface area contributed by atoms with Gasteiger partial charge in [0.05, 0.1) is 3.57 Å². The van der Waals surface area contributed by atoms with Crippen molar-refractivity contribution in [3.63, 3.8) is 0 Å². The van der Waals surface area contributed by atoms with Crippen LogP contribution in [0.4, 0.5) is 0 Å². The minimum Gasteiger partial charge on any atom is -0.506 e. The normalized spacial score (nSPS) is 11.4. The van der Waals surface area contributed by atoms with Crippen LogP contribution in [0, 0.1) is 7.14 Å². The number of furan rings is 1. The number of hydrogen-bond acceptors (Lipinski definition) is 3. The summed E-state index contributed by atoms with van der Waals surface area (Å²) < 4.78 is 8.34. The van der Waals surface area contributed by atoms with Crippen molar-refractivity contribution in [2.45, 2.75) is 0 Å². The Morgan fingerprint density at radius 1 is 1.05 bits per heavy atom. The fourth-order valence-electron chi connectivity index (χ4n) is 2.58. The van der Waals surface area contributed by atoms with Gasteiger partial charge in [-0.3, -0.25) is 4.98 Å². The zero-order valence-corrected chi connectivity index (χ0v) is 15.5. The van der Waals surface area contributed by atoms with E-state index in [-0.39, 0.29) is 5.75 Å². The first kappa shape index (κ1) is 14.3. The van der Waals surface area contributed by atoms with Gasteiger partial charge in [-0.15, -0.1) is 0 Å². The molecule has 0 saturated heterocycles. The maximum atomic E-state index is 9.97. The van der Waals surface area contributed by atoms with Crippen LogP contribution in [0.25, 0.3) is 33.2 Å². The van der Waals surface area contributed by atoms with Crippen LogP contribution in [0.1, 0.15) is 0 Å². The lowest BCUT2D eigenvalue weighted by Gasteiger charge is -2.04. The number of pyridine rings is 1. The number of rotatable bonds is 1. The summed E-state index contributed by atoms with van der Waals surface area (Å²) in [6.45, 7) is 0. The lowest BCUT2D eigenvalue weighted by molar-refractivity contribution is 0.480. The summed E-state index contributed by atoms with van der Waals surface area (Å²) in [7, 11) is 0. The highest BCUT2D eigenvalue weighted by atomic mass is 127. The Morgan fingerprint density at radius 3 is 2.77 bits per heavy atom. The zero-order valence-electron chi connectivity index (χ0n) is 11.2. The van der Waals surface area contributed by atoms with E-state index in [1.165, 1.54) is 3.57 Å². The van der Waals surface area contributed by atoms with Gasteiger partial charge in [0.15, 0.2) is 0 Å². The van der Waals surface area contributed by atoms with Crippen molar-refractivity contribution in [2.75, 3.05) is 0 Å². The number of hydrogen-bond donors (Lipinski definition) is 1. The number of halogens is 2. The van der Waals surface area contributed by atoms with Gasteiger partial charge in [-0.2, -0.15) is 0 Å². The summed E-state index contributed by atoms with van der Waals surface area (Å²) in [5, 5.41) is 11.9. The third-order valence-corrected chi connectivity index (χ3v) is 4.97. The predicted octanol–water partition coefficient (Wildman–Crippen LogP) is 5.56. The summed E-state index contributed by atoms with van der Waals surface area (Å²) in [5.41, 5.74) is 2.41. The summed E-state index contributed by atoms with van der Waals surface area (Å²) in [5.74, 6) is 0.965. The molecule has 1 N–H and O–H groups in total. The van der Waals surface area contributed by atoms with Gasteiger partial charge in [0.25, 0.3) is 0 Å². The molecule has 0 spiro atoms. The third kappa shape index (κ3) is 2.26. The van der Waals surface area contributed by atoms with Crippen LogP contribution < -0.4 is 0 Å². The fourth-order valence-corrected chi connectivity index (χ4v) is 4.58. The molecule has 5 heteroatoms. The maximum Gasteiger partial charge on any atom is 0.148 e. The van der Waals surface area contributed by atoms with Crippen molar-refractivity contribution in [2.24, 2.45) is 0 Å². The smallest absolute Gasteiger partial charge is 0.148 e. The highest BCUT2D eigenvalue weighted by Crippen LogP contribution is 2.37. The van der Waals surface area contributed by atoms with E-state index in [2.05, 4.69) is 62.3 Å². The third-order valence-electron chi connectivity index (χ3n) is 3.55. The molecule has 3 nitrogen and oxygen atoms in total. The first-order valence-electron chi connectivity index (χ1n) is 6.59. The SMILES string of the molecule is Oc1ccc(-c2cc3cc(I)cc(I)c3o2)c2cccnc12. The van der Waals surface area contributed by atoms with Gasteiger partial charge < -0.3 is 9.52 Å². The number of phenolic OH excluding ortho intramolecular Hbond substituents is 1. The second-order valence-corrected chi connectivity index (χ2v) is 7.36. The topological polar surface area (TPSA) is 46.3 Å². The van der Waals surface area contributed by atoms with E-state index < -0.39 is 0 Å². The van der Waals surface area contributed by atoms with Gasteiger partial charge in [0, 0.05) is 26.1 Å². The standard InChI is InChI=1S/C17H9I2NO2/c18-10-6-9-7-15(22-17(9)13(19)8-10)11-3-4-14(21)16-12(11)2-1-5-20-16/h1-8,21H. The van der Waals surface area contributed by atoms with E-state index >= 15 is 0 Å². The van der Waals surface area contributed by atoms with E-state index in [4.69, 9.17) is 4.42 Å². The zero-order chi connectivity index (χ0) is 15.3. The quantitative estimate of drug-likeness (QED) is 0.339. The molecule has 0 bridgehead atoms. The largest absolute Gasteiger partial charge is 0.506 e. The van der Waals surface area contributed by atoms with Gasteiger partial charge in [-0.1, -0.05) is 6.07 Å². The molecular formula is C17H9I2NO2. The van der Waals surface area contributed by atoms with Crippen LogP contribution in [0.3, 0.4) is 0 Å². The Morgan fingerprint density at radius 2 is 1.91 bits per heavy atom. The van der Waals surface area contributed by atoms with E-state index in [1.54, 1.807) is 12.3 Å². The number of phenols is 1. The van der Waals surface area contributed by atoms with Gasteiger partial charge in [0.1, 0.15) is 22.6 Å². The van der Waals surface area contributed by atoms with Crippen LogP contribution in [0.2, 0.25) is 0 Å². The Labute approximate surface area is 153 Å². The lowest BCUT2D eigenvalue weighted by Crippen LogP contribution is -1.82. The van der Waals surface area contributed by atoms with E-state index in [9.17, 15) is 5.11 Å². The van der Waals surface area contributed by atoms with Crippen LogP contribution in [-0.2, 0) is 0 Å². The molecule has 0 radical (unpaired) electrons. The van der Waals surface area contributed by atoms with Gasteiger partial charge in [-0.05, 0) is 81.6 Å². The molecule has 0 fully saturated rings. The van der Waals surface area contributed by atoms with Gasteiger partial charge in [-0.25, -0.2) is 0 Å². The number of benzene rings is 2. The summed E-state index contributed by atoms with van der Waals surface area (Å²) in [6.07, 6.45) is 1.68. The lowest BCUT2D eigenvalue weighted by atomic mass is 10.1. The summed E-state index contributed by atoms with van der Waals surface area (Å²) in [4.78, 5) is 4.26. The van der Waals surface area contributed by atoms with E-state index in [0.717, 1.165) is 31.2 Å². The Balaban J connectivity index is 2.04. The molecule has 2 aromatic carbocycles. The van der Waals surface area contributed by atoms with Crippen LogP contribution >= 0.6 is 45.2 Å². The second kappa shape index (κ2) is 5.38. The molecule has 0 atom stereocenters. The van der Waals surface area contributed by atoms with Crippen LogP contribution in [0.5, 0.6) is 5.75 Å². The molecule has 0 aliphatic carbocycles. The number of aromatic hydroxyl groups is 1. The van der Waals surface area contributed by atoms with Crippen molar-refractivity contribution in [3.05, 3.63) is 55.8 Å². The highest BCUT2D eigenvalue weighted by molar-refractivity contribution is 14.1. The molecule has 2 aromatic heterocycles. The fraction of sp³-hybridized carbons (Fsp3) is 0. The van der Waals surface area contributed by atoms with Crippen LogP contribution in [0.15, 0.2) is 53.1 Å². The van der Waals surface area contributed by atoms with Crippen LogP contribution in [-0.4, -0.2) is 10.1 Å². The molecule has 0 unspecified atom stereocenters. The number of aromatic nitrogens is 1. The average Bonchev–Trinajstić information content (AvgIpc) is 2.92. The Hall–Kier alpha value is -1.35. The molecule has 4 aromatic rings. The number of fused-ring (bicyclic) bond motifs is 2. The van der Waals surface area contributed by atoms with Crippen molar-refractivity contribution in [3.8, 4) is 17.1 Å². The maximum absolute atomic E-state index is 9.97. The Bertz CT molecular complexity index is 1020. The second-order valence-electron chi connectivity index (χ2n) is 4.95. The van der Waals surface area contributed by atoms with Crippen molar-refractivity contribution < 1.29 is 9.52 Å². The molecular weight excluding hydrogens is 504 g/mol. The van der Waals surface area contributed by atoms with Crippen molar-refractivity contribution >= 4 is 67.1 Å². The van der Waals surface area contributed by atoms with E-state index in [0.29, 0.717) is 5.52 Å². The molecule has 0 amide bonds. The summed E-state index contributed by atoms with van der Waals surface area (Å²) >= 11 is 4.60. The minimum atomic E-state index is 0.180. The molecule has 0 saturated carbocycles. The minimum absolute atomic E-state index is 0.180. The first-order chi connectivity index (χ1) is 10.6. The number of nitrogens with zero attached hydrogens (tertiary/aromatic N) is 1. The molecule has 0 aliphatic heterocycles. The molecule has 108 valence electrons. The molecule has 0 aliphatic rings. The summed E-state index contributed by atoms with van der Waals surface area (Å²) in [6, 6.07) is 13.6. The van der Waals surface area contributed by atoms with Gasteiger partial charge in [0.2, 0.25) is 0 Å². The molecule has 2 heterocycles. The highest BCUT2D eigenvalue weighted by Gasteiger charge is 2.14. The first-order valence-corrected chi connectivity index (χ1v) is 8.75. The monoisotopic (exact) mass is 513 g/mol. The molecule has 4 rings (SSSR count). The average molecular weight is 513 g/mol.